The second kappa shape index (κ2) is 5.35. The van der Waals surface area contributed by atoms with Gasteiger partial charge in [0.1, 0.15) is 0 Å². The summed E-state index contributed by atoms with van der Waals surface area (Å²) in [6, 6.07) is 6.01. The van der Waals surface area contributed by atoms with E-state index in [9.17, 15) is 9.90 Å². The fourth-order valence-corrected chi connectivity index (χ4v) is 3.13. The van der Waals surface area contributed by atoms with Crippen LogP contribution in [0.15, 0.2) is 18.2 Å². The summed E-state index contributed by atoms with van der Waals surface area (Å²) in [4.78, 5) is 13.5. The van der Waals surface area contributed by atoms with Crippen LogP contribution in [0.3, 0.4) is 0 Å². The van der Waals surface area contributed by atoms with E-state index in [4.69, 9.17) is 0 Å². The van der Waals surface area contributed by atoms with Gasteiger partial charge in [-0.2, -0.15) is 0 Å². The fourth-order valence-electron chi connectivity index (χ4n) is 2.30. The third-order valence-electron chi connectivity index (χ3n) is 3.25. The largest absolute Gasteiger partial charge is 0.394 e. The molecule has 1 aromatic carbocycles. The van der Waals surface area contributed by atoms with Crippen molar-refractivity contribution in [2.24, 2.45) is 0 Å². The fraction of sp³-hybridized carbons (Fsp3) is 0.462. The number of aliphatic hydroxyl groups excluding tert-OH is 1. The van der Waals surface area contributed by atoms with Crippen LogP contribution in [-0.2, 0) is 0 Å². The molecule has 0 saturated carbocycles. The van der Waals surface area contributed by atoms with Crippen molar-refractivity contribution in [3.05, 3.63) is 27.3 Å². The van der Waals surface area contributed by atoms with Crippen LogP contribution in [0.4, 0.5) is 5.69 Å². The van der Waals surface area contributed by atoms with Crippen LogP contribution < -0.4 is 4.90 Å². The average molecular weight is 345 g/mol. The predicted octanol–water partition coefficient (Wildman–Crippen LogP) is 2.45. The Labute approximate surface area is 115 Å². The molecule has 1 fully saturated rings. The molecule has 0 spiro atoms. The van der Waals surface area contributed by atoms with Gasteiger partial charge in [0.05, 0.1) is 18.3 Å². The molecule has 0 radical (unpaired) electrons. The molecule has 0 amide bonds. The van der Waals surface area contributed by atoms with Crippen molar-refractivity contribution in [3.8, 4) is 0 Å². The first-order chi connectivity index (χ1) is 8.13. The highest BCUT2D eigenvalue weighted by Crippen LogP contribution is 2.30. The van der Waals surface area contributed by atoms with Crippen molar-refractivity contribution < 1.29 is 9.90 Å². The molecule has 1 aromatic rings. The summed E-state index contributed by atoms with van der Waals surface area (Å²) in [5, 5.41) is 9.33. The van der Waals surface area contributed by atoms with Crippen molar-refractivity contribution in [2.45, 2.75) is 25.8 Å². The first kappa shape index (κ1) is 12.8. The normalized spacial score (nSPS) is 19.7. The molecule has 1 aliphatic heterocycles. The van der Waals surface area contributed by atoms with Crippen LogP contribution in [-0.4, -0.2) is 30.1 Å². The summed E-state index contributed by atoms with van der Waals surface area (Å²) in [5.74, 6) is 0.0922. The van der Waals surface area contributed by atoms with Crippen molar-refractivity contribution in [1.29, 1.82) is 0 Å². The van der Waals surface area contributed by atoms with Crippen LogP contribution in [0.25, 0.3) is 0 Å². The van der Waals surface area contributed by atoms with E-state index in [-0.39, 0.29) is 18.4 Å². The minimum Gasteiger partial charge on any atom is -0.394 e. The summed E-state index contributed by atoms with van der Waals surface area (Å²) in [6.45, 7) is 2.77. The van der Waals surface area contributed by atoms with Crippen LogP contribution in [0.5, 0.6) is 0 Å². The molecule has 1 N–H and O–H groups in total. The zero-order valence-corrected chi connectivity index (χ0v) is 12.0. The predicted molar refractivity (Wildman–Crippen MR) is 76.6 cm³/mol. The van der Waals surface area contributed by atoms with E-state index in [0.717, 1.165) is 34.2 Å². The summed E-state index contributed by atoms with van der Waals surface area (Å²) in [7, 11) is 0. The van der Waals surface area contributed by atoms with Gasteiger partial charge in [-0.1, -0.05) is 0 Å². The number of anilines is 1. The number of carbonyl (C=O) groups is 1. The average Bonchev–Trinajstić information content (AvgIpc) is 2.76. The maximum atomic E-state index is 11.3. The maximum Gasteiger partial charge on any atom is 0.159 e. The number of hydrogen-bond acceptors (Lipinski definition) is 3. The standard InChI is InChI=1S/C13H16INO2/c1-9(17)10-4-5-13(12(14)7-10)15-6-2-3-11(15)8-16/h4-5,7,11,16H,2-3,6,8H2,1H3/t11-/m1/s1. The van der Waals surface area contributed by atoms with Crippen LogP contribution in [0.2, 0.25) is 0 Å². The molecule has 2 rings (SSSR count). The Morgan fingerprint density at radius 3 is 2.94 bits per heavy atom. The number of aliphatic hydroxyl groups is 1. The minimum atomic E-state index is 0.0922. The quantitative estimate of drug-likeness (QED) is 0.676. The molecular weight excluding hydrogens is 329 g/mol. The van der Waals surface area contributed by atoms with Crippen LogP contribution in [0.1, 0.15) is 30.1 Å². The number of hydrogen-bond donors (Lipinski definition) is 1. The lowest BCUT2D eigenvalue weighted by Gasteiger charge is -2.26. The Kier molecular flexibility index (Phi) is 4.04. The summed E-state index contributed by atoms with van der Waals surface area (Å²) >= 11 is 2.26. The first-order valence-electron chi connectivity index (χ1n) is 5.81. The molecule has 0 unspecified atom stereocenters. The highest BCUT2D eigenvalue weighted by Gasteiger charge is 2.25. The molecule has 1 atom stereocenters. The third-order valence-corrected chi connectivity index (χ3v) is 4.12. The van der Waals surface area contributed by atoms with Gasteiger partial charge >= 0.3 is 0 Å². The Hall–Kier alpha value is -0.620. The zero-order valence-electron chi connectivity index (χ0n) is 9.82. The topological polar surface area (TPSA) is 40.5 Å². The van der Waals surface area contributed by atoms with E-state index in [2.05, 4.69) is 27.5 Å². The Balaban J connectivity index is 2.30. The lowest BCUT2D eigenvalue weighted by Crippen LogP contribution is -2.32. The van der Waals surface area contributed by atoms with E-state index in [1.54, 1.807) is 6.92 Å². The second-order valence-corrected chi connectivity index (χ2v) is 5.56. The molecule has 4 heteroatoms. The number of nitrogens with zero attached hydrogens (tertiary/aromatic N) is 1. The van der Waals surface area contributed by atoms with Gasteiger partial charge in [0.2, 0.25) is 0 Å². The molecule has 1 saturated heterocycles. The lowest BCUT2D eigenvalue weighted by molar-refractivity contribution is 0.101. The van der Waals surface area contributed by atoms with E-state index >= 15 is 0 Å². The molecular formula is C13H16INO2. The number of benzene rings is 1. The van der Waals surface area contributed by atoms with Gasteiger partial charge in [-0.25, -0.2) is 0 Å². The van der Waals surface area contributed by atoms with Gasteiger partial charge in [-0.3, -0.25) is 4.79 Å². The Bertz CT molecular complexity index is 433. The molecule has 0 aromatic heterocycles. The summed E-state index contributed by atoms with van der Waals surface area (Å²) in [6.07, 6.45) is 2.16. The van der Waals surface area contributed by atoms with Crippen LogP contribution >= 0.6 is 22.6 Å². The lowest BCUT2D eigenvalue weighted by atomic mass is 10.1. The molecule has 1 aliphatic rings. The first-order valence-corrected chi connectivity index (χ1v) is 6.89. The van der Waals surface area contributed by atoms with Gasteiger partial charge in [0.25, 0.3) is 0 Å². The number of rotatable bonds is 3. The van der Waals surface area contributed by atoms with Gasteiger partial charge in [-0.15, -0.1) is 0 Å². The Morgan fingerprint density at radius 2 is 2.35 bits per heavy atom. The third kappa shape index (κ3) is 2.63. The molecule has 1 heterocycles. The van der Waals surface area contributed by atoms with Gasteiger partial charge in [0, 0.05) is 15.7 Å². The van der Waals surface area contributed by atoms with Crippen molar-refractivity contribution in [1.82, 2.24) is 0 Å². The van der Waals surface area contributed by atoms with E-state index < -0.39 is 0 Å². The van der Waals surface area contributed by atoms with Crippen molar-refractivity contribution >= 4 is 34.1 Å². The molecule has 92 valence electrons. The monoisotopic (exact) mass is 345 g/mol. The molecule has 17 heavy (non-hydrogen) atoms. The van der Waals surface area contributed by atoms with E-state index in [1.165, 1.54) is 0 Å². The maximum absolute atomic E-state index is 11.3. The smallest absolute Gasteiger partial charge is 0.159 e. The number of Topliss-reactive ketones (excluding diaryl/α,β-unsaturated/α-hetero) is 1. The number of halogens is 1. The highest BCUT2D eigenvalue weighted by atomic mass is 127. The molecule has 3 nitrogen and oxygen atoms in total. The molecule has 0 bridgehead atoms. The van der Waals surface area contributed by atoms with Gasteiger partial charge < -0.3 is 10.0 Å². The van der Waals surface area contributed by atoms with Crippen molar-refractivity contribution in [3.63, 3.8) is 0 Å². The highest BCUT2D eigenvalue weighted by molar-refractivity contribution is 14.1. The molecule has 0 aliphatic carbocycles. The number of ketones is 1. The van der Waals surface area contributed by atoms with E-state index in [0.29, 0.717) is 0 Å². The number of carbonyl (C=O) groups excluding carboxylic acids is 1. The van der Waals surface area contributed by atoms with Crippen LogP contribution in [0, 0.1) is 3.57 Å². The summed E-state index contributed by atoms with van der Waals surface area (Å²) < 4.78 is 1.08. The summed E-state index contributed by atoms with van der Waals surface area (Å²) in [5.41, 5.74) is 1.88. The second-order valence-electron chi connectivity index (χ2n) is 4.39. The van der Waals surface area contributed by atoms with Gasteiger partial charge in [-0.05, 0) is 60.6 Å². The van der Waals surface area contributed by atoms with Gasteiger partial charge in [0.15, 0.2) is 5.78 Å². The SMILES string of the molecule is CC(=O)c1ccc(N2CCC[C@@H]2CO)c(I)c1. The van der Waals surface area contributed by atoms with E-state index in [1.807, 2.05) is 18.2 Å². The minimum absolute atomic E-state index is 0.0922. The zero-order chi connectivity index (χ0) is 12.4. The van der Waals surface area contributed by atoms with Crippen molar-refractivity contribution in [2.75, 3.05) is 18.1 Å². The Morgan fingerprint density at radius 1 is 1.59 bits per heavy atom.